The summed E-state index contributed by atoms with van der Waals surface area (Å²) in [5, 5.41) is 10.5. The fourth-order valence-electron chi connectivity index (χ4n) is 4.27. The molecule has 0 radical (unpaired) electrons. The number of ether oxygens (including phenoxy) is 1. The fourth-order valence-corrected chi connectivity index (χ4v) is 4.27. The monoisotopic (exact) mass is 345 g/mol. The van der Waals surface area contributed by atoms with E-state index in [0.717, 1.165) is 42.9 Å². The van der Waals surface area contributed by atoms with E-state index in [-0.39, 0.29) is 6.10 Å². The maximum absolute atomic E-state index is 10.5. The van der Waals surface area contributed by atoms with Gasteiger partial charge in [-0.15, -0.1) is 0 Å². The van der Waals surface area contributed by atoms with Gasteiger partial charge >= 0.3 is 0 Å². The lowest BCUT2D eigenvalue weighted by Gasteiger charge is -2.29. The number of aliphatic hydroxyl groups excluding tert-OH is 1. The number of hydrogen-bond acceptors (Lipinski definition) is 6. The van der Waals surface area contributed by atoms with Gasteiger partial charge < -0.3 is 19.3 Å². The predicted molar refractivity (Wildman–Crippen MR) is 95.6 cm³/mol. The molecule has 2 fully saturated rings. The van der Waals surface area contributed by atoms with Crippen molar-refractivity contribution in [3.05, 3.63) is 12.7 Å². The zero-order chi connectivity index (χ0) is 17.4. The van der Waals surface area contributed by atoms with Crippen molar-refractivity contribution >= 4 is 17.0 Å². The lowest BCUT2D eigenvalue weighted by molar-refractivity contribution is -0.00902. The SMILES string of the molecule is CCC1CCC(C)N1c1ncnc2c1ncn2CC(O)C1CCCO1. The molecule has 2 saturated heterocycles. The Labute approximate surface area is 148 Å². The Kier molecular flexibility index (Phi) is 4.60. The first-order valence-corrected chi connectivity index (χ1v) is 9.43. The molecule has 0 spiro atoms. The van der Waals surface area contributed by atoms with Crippen LogP contribution in [0.15, 0.2) is 12.7 Å². The zero-order valence-corrected chi connectivity index (χ0v) is 15.0. The average molecular weight is 345 g/mol. The Balaban J connectivity index is 1.64. The molecule has 2 aromatic rings. The van der Waals surface area contributed by atoms with Gasteiger partial charge in [0.2, 0.25) is 0 Å². The van der Waals surface area contributed by atoms with Crippen LogP contribution in [0.25, 0.3) is 11.2 Å². The van der Waals surface area contributed by atoms with Crippen LogP contribution < -0.4 is 4.90 Å². The van der Waals surface area contributed by atoms with Crippen LogP contribution in [0.4, 0.5) is 5.82 Å². The predicted octanol–water partition coefficient (Wildman–Crippen LogP) is 2.13. The Morgan fingerprint density at radius 1 is 1.28 bits per heavy atom. The summed E-state index contributed by atoms with van der Waals surface area (Å²) in [4.78, 5) is 16.0. The summed E-state index contributed by atoms with van der Waals surface area (Å²) in [5.41, 5.74) is 1.62. The van der Waals surface area contributed by atoms with Crippen molar-refractivity contribution in [2.45, 2.75) is 76.8 Å². The molecular formula is C18H27N5O2. The number of rotatable bonds is 5. The van der Waals surface area contributed by atoms with E-state index >= 15 is 0 Å². The molecule has 136 valence electrons. The quantitative estimate of drug-likeness (QED) is 0.895. The van der Waals surface area contributed by atoms with Crippen LogP contribution >= 0.6 is 0 Å². The minimum atomic E-state index is -0.535. The molecule has 7 heteroatoms. The van der Waals surface area contributed by atoms with Crippen LogP contribution in [0.5, 0.6) is 0 Å². The maximum atomic E-state index is 10.5. The van der Waals surface area contributed by atoms with Crippen LogP contribution in [-0.4, -0.2) is 55.5 Å². The summed E-state index contributed by atoms with van der Waals surface area (Å²) >= 11 is 0. The zero-order valence-electron chi connectivity index (χ0n) is 15.0. The molecule has 7 nitrogen and oxygen atoms in total. The van der Waals surface area contributed by atoms with Crippen molar-refractivity contribution in [2.75, 3.05) is 11.5 Å². The minimum absolute atomic E-state index is 0.0816. The summed E-state index contributed by atoms with van der Waals surface area (Å²) in [6, 6.07) is 0.974. The van der Waals surface area contributed by atoms with Gasteiger partial charge in [-0.1, -0.05) is 6.92 Å². The van der Waals surface area contributed by atoms with Crippen LogP contribution in [0.1, 0.15) is 46.0 Å². The second kappa shape index (κ2) is 6.88. The number of imidazole rings is 1. The molecule has 0 aliphatic carbocycles. The number of aliphatic hydroxyl groups is 1. The third-order valence-electron chi connectivity index (χ3n) is 5.66. The highest BCUT2D eigenvalue weighted by Crippen LogP contribution is 2.33. The molecule has 0 bridgehead atoms. The largest absolute Gasteiger partial charge is 0.389 e. The first-order chi connectivity index (χ1) is 12.2. The van der Waals surface area contributed by atoms with Crippen molar-refractivity contribution in [3.63, 3.8) is 0 Å². The van der Waals surface area contributed by atoms with E-state index in [4.69, 9.17) is 4.74 Å². The third-order valence-corrected chi connectivity index (χ3v) is 5.66. The van der Waals surface area contributed by atoms with Crippen molar-refractivity contribution in [2.24, 2.45) is 0 Å². The summed E-state index contributed by atoms with van der Waals surface area (Å²) in [7, 11) is 0. The van der Waals surface area contributed by atoms with Crippen LogP contribution in [0.3, 0.4) is 0 Å². The molecule has 25 heavy (non-hydrogen) atoms. The van der Waals surface area contributed by atoms with Crippen molar-refractivity contribution < 1.29 is 9.84 Å². The van der Waals surface area contributed by atoms with E-state index in [2.05, 4.69) is 33.7 Å². The Hall–Kier alpha value is -1.73. The molecule has 4 unspecified atom stereocenters. The minimum Gasteiger partial charge on any atom is -0.389 e. The van der Waals surface area contributed by atoms with Crippen LogP contribution in [0, 0.1) is 0 Å². The standard InChI is InChI=1S/C18H27N5O2/c1-3-13-7-6-12(2)23(13)18-16-17(19-10-20-18)22(11-21-16)9-14(24)15-5-4-8-25-15/h10-15,24H,3-9H2,1-2H3. The first kappa shape index (κ1) is 16.7. The van der Waals surface area contributed by atoms with Gasteiger partial charge in [-0.05, 0) is 39.0 Å². The topological polar surface area (TPSA) is 76.3 Å². The summed E-state index contributed by atoms with van der Waals surface area (Å²) < 4.78 is 7.52. The molecule has 4 atom stereocenters. The van der Waals surface area contributed by atoms with Crippen LogP contribution in [-0.2, 0) is 11.3 Å². The highest BCUT2D eigenvalue weighted by atomic mass is 16.5. The number of aromatic nitrogens is 4. The summed E-state index contributed by atoms with van der Waals surface area (Å²) in [6.07, 6.45) is 8.18. The van der Waals surface area contributed by atoms with Crippen molar-refractivity contribution in [3.8, 4) is 0 Å². The molecule has 0 aromatic carbocycles. The molecule has 0 amide bonds. The molecular weight excluding hydrogens is 318 g/mol. The van der Waals surface area contributed by atoms with E-state index in [9.17, 15) is 5.11 Å². The van der Waals surface area contributed by atoms with Gasteiger partial charge in [-0.2, -0.15) is 0 Å². The molecule has 2 aliphatic heterocycles. The van der Waals surface area contributed by atoms with Gasteiger partial charge in [0.25, 0.3) is 0 Å². The number of fused-ring (bicyclic) bond motifs is 1. The molecule has 4 heterocycles. The Bertz CT molecular complexity index is 727. The maximum Gasteiger partial charge on any atom is 0.165 e. The van der Waals surface area contributed by atoms with Crippen LogP contribution in [0.2, 0.25) is 0 Å². The fraction of sp³-hybridized carbons (Fsp3) is 0.722. The van der Waals surface area contributed by atoms with Gasteiger partial charge in [-0.3, -0.25) is 0 Å². The Morgan fingerprint density at radius 2 is 2.16 bits per heavy atom. The lowest BCUT2D eigenvalue weighted by atomic mass is 10.1. The second-order valence-corrected chi connectivity index (χ2v) is 7.28. The molecule has 0 saturated carbocycles. The van der Waals surface area contributed by atoms with E-state index in [1.807, 2.05) is 4.57 Å². The molecule has 2 aromatic heterocycles. The summed E-state index contributed by atoms with van der Waals surface area (Å²) in [6.45, 7) is 5.67. The lowest BCUT2D eigenvalue weighted by Crippen LogP contribution is -2.35. The smallest absolute Gasteiger partial charge is 0.165 e. The molecule has 4 rings (SSSR count). The molecule has 2 aliphatic rings. The van der Waals surface area contributed by atoms with Gasteiger partial charge in [0.1, 0.15) is 6.33 Å². The number of nitrogens with zero attached hydrogens (tertiary/aromatic N) is 5. The van der Waals surface area contributed by atoms with E-state index < -0.39 is 6.10 Å². The highest BCUT2D eigenvalue weighted by Gasteiger charge is 2.32. The Morgan fingerprint density at radius 3 is 2.92 bits per heavy atom. The third kappa shape index (κ3) is 3.00. The second-order valence-electron chi connectivity index (χ2n) is 7.28. The molecule has 1 N–H and O–H groups in total. The van der Waals surface area contributed by atoms with E-state index in [0.29, 0.717) is 18.6 Å². The average Bonchev–Trinajstić information content (AvgIpc) is 3.34. The normalized spacial score (nSPS) is 28.1. The van der Waals surface area contributed by atoms with Gasteiger partial charge in [-0.25, -0.2) is 15.0 Å². The first-order valence-electron chi connectivity index (χ1n) is 9.43. The number of hydrogen-bond donors (Lipinski definition) is 1. The highest BCUT2D eigenvalue weighted by molar-refractivity contribution is 5.83. The summed E-state index contributed by atoms with van der Waals surface area (Å²) in [5.74, 6) is 0.923. The van der Waals surface area contributed by atoms with Gasteiger partial charge in [0.05, 0.1) is 25.1 Å². The van der Waals surface area contributed by atoms with Gasteiger partial charge in [0, 0.05) is 18.7 Å². The van der Waals surface area contributed by atoms with Crippen molar-refractivity contribution in [1.82, 2.24) is 19.5 Å². The van der Waals surface area contributed by atoms with Crippen molar-refractivity contribution in [1.29, 1.82) is 0 Å². The van der Waals surface area contributed by atoms with E-state index in [1.165, 1.54) is 12.8 Å². The van der Waals surface area contributed by atoms with Gasteiger partial charge in [0.15, 0.2) is 17.0 Å². The number of anilines is 1. The van der Waals surface area contributed by atoms with E-state index in [1.54, 1.807) is 12.7 Å².